The van der Waals surface area contributed by atoms with E-state index in [0.717, 1.165) is 23.3 Å². The van der Waals surface area contributed by atoms with E-state index in [-0.39, 0.29) is 6.04 Å². The second-order valence-corrected chi connectivity index (χ2v) is 4.13. The van der Waals surface area contributed by atoms with Crippen molar-refractivity contribution in [2.75, 3.05) is 19.6 Å². The number of nitrogens with two attached hydrogens (primary N) is 1. The van der Waals surface area contributed by atoms with Crippen LogP contribution in [0.1, 0.15) is 18.2 Å². The summed E-state index contributed by atoms with van der Waals surface area (Å²) < 4.78 is 6.43. The second-order valence-electron chi connectivity index (χ2n) is 3.27. The van der Waals surface area contributed by atoms with Crippen LogP contribution in [0.25, 0.3) is 0 Å². The molecule has 0 saturated carbocycles. The first-order valence-corrected chi connectivity index (χ1v) is 5.29. The molecule has 1 saturated heterocycles. The first-order chi connectivity index (χ1) is 6.33. The van der Waals surface area contributed by atoms with Gasteiger partial charge in [-0.1, -0.05) is 0 Å². The molecule has 0 aromatic carbocycles. The standard InChI is InChI=1S/C9H13BrN2O/c10-7-2-5-13-9(7)8(6-11)12-3-1-4-12/h2,5,8H,1,3-4,6,11H2. The van der Waals surface area contributed by atoms with E-state index in [0.29, 0.717) is 6.54 Å². The maximum atomic E-state index is 5.72. The highest BCUT2D eigenvalue weighted by atomic mass is 79.9. The third-order valence-corrected chi connectivity index (χ3v) is 3.16. The Bertz CT molecular complexity index is 283. The smallest absolute Gasteiger partial charge is 0.136 e. The van der Waals surface area contributed by atoms with E-state index in [9.17, 15) is 0 Å². The van der Waals surface area contributed by atoms with E-state index in [1.165, 1.54) is 6.42 Å². The normalized spacial score (nSPS) is 19.8. The summed E-state index contributed by atoms with van der Waals surface area (Å²) in [6, 6.07) is 2.16. The van der Waals surface area contributed by atoms with Crippen LogP contribution in [0.5, 0.6) is 0 Å². The molecule has 13 heavy (non-hydrogen) atoms. The zero-order valence-corrected chi connectivity index (χ0v) is 8.96. The molecular weight excluding hydrogens is 232 g/mol. The van der Waals surface area contributed by atoms with E-state index in [4.69, 9.17) is 10.2 Å². The van der Waals surface area contributed by atoms with Crippen molar-refractivity contribution in [2.45, 2.75) is 12.5 Å². The maximum Gasteiger partial charge on any atom is 0.136 e. The summed E-state index contributed by atoms with van der Waals surface area (Å²) in [5.74, 6) is 0.960. The average molecular weight is 245 g/mol. The molecule has 0 radical (unpaired) electrons. The maximum absolute atomic E-state index is 5.72. The third-order valence-electron chi connectivity index (χ3n) is 2.50. The zero-order chi connectivity index (χ0) is 9.26. The molecule has 0 aliphatic carbocycles. The summed E-state index contributed by atoms with van der Waals surface area (Å²) in [6.07, 6.45) is 2.97. The molecule has 1 aliphatic rings. The molecule has 4 heteroatoms. The van der Waals surface area contributed by atoms with E-state index in [1.54, 1.807) is 6.26 Å². The summed E-state index contributed by atoms with van der Waals surface area (Å²) in [6.45, 7) is 2.89. The average Bonchev–Trinajstić information content (AvgIpc) is 2.43. The quantitative estimate of drug-likeness (QED) is 0.882. The van der Waals surface area contributed by atoms with E-state index in [1.807, 2.05) is 6.07 Å². The molecule has 1 atom stereocenters. The minimum Gasteiger partial charge on any atom is -0.466 e. The van der Waals surface area contributed by atoms with Crippen molar-refractivity contribution < 1.29 is 4.42 Å². The molecule has 1 aromatic rings. The van der Waals surface area contributed by atoms with Crippen molar-refractivity contribution in [1.82, 2.24) is 4.90 Å². The van der Waals surface area contributed by atoms with Crippen LogP contribution >= 0.6 is 15.9 Å². The molecule has 0 amide bonds. The Balaban J connectivity index is 2.16. The largest absolute Gasteiger partial charge is 0.466 e. The Kier molecular flexibility index (Phi) is 2.71. The minimum atomic E-state index is 0.248. The predicted octanol–water partition coefficient (Wildman–Crippen LogP) is 1.75. The van der Waals surface area contributed by atoms with Crippen LogP contribution in [-0.2, 0) is 0 Å². The number of hydrogen-bond donors (Lipinski definition) is 1. The van der Waals surface area contributed by atoms with Gasteiger partial charge >= 0.3 is 0 Å². The number of furan rings is 1. The molecule has 2 heterocycles. The Morgan fingerprint density at radius 3 is 2.77 bits per heavy atom. The molecule has 72 valence electrons. The molecule has 1 aliphatic heterocycles. The lowest BCUT2D eigenvalue weighted by atomic mass is 10.1. The van der Waals surface area contributed by atoms with Crippen molar-refractivity contribution in [3.63, 3.8) is 0 Å². The Hall–Kier alpha value is -0.320. The molecular formula is C9H13BrN2O. The molecule has 1 unspecified atom stereocenters. The first-order valence-electron chi connectivity index (χ1n) is 4.50. The lowest BCUT2D eigenvalue weighted by Crippen LogP contribution is -2.43. The highest BCUT2D eigenvalue weighted by Crippen LogP contribution is 2.30. The van der Waals surface area contributed by atoms with Gasteiger partial charge in [0.05, 0.1) is 16.8 Å². The lowest BCUT2D eigenvalue weighted by Gasteiger charge is -2.36. The highest BCUT2D eigenvalue weighted by Gasteiger charge is 2.27. The van der Waals surface area contributed by atoms with Gasteiger partial charge in [0, 0.05) is 19.6 Å². The SMILES string of the molecule is NCC(c1occc1Br)N1CCC1. The van der Waals surface area contributed by atoms with Gasteiger partial charge in [-0.3, -0.25) is 4.90 Å². The fourth-order valence-corrected chi connectivity index (χ4v) is 2.08. The molecule has 2 rings (SSSR count). The van der Waals surface area contributed by atoms with Crippen molar-refractivity contribution in [3.8, 4) is 0 Å². The van der Waals surface area contributed by atoms with E-state index < -0.39 is 0 Å². The zero-order valence-electron chi connectivity index (χ0n) is 7.37. The summed E-state index contributed by atoms with van der Waals surface area (Å²) in [4.78, 5) is 2.34. The van der Waals surface area contributed by atoms with Crippen LogP contribution in [0.15, 0.2) is 21.2 Å². The molecule has 1 fully saturated rings. The molecule has 1 aromatic heterocycles. The van der Waals surface area contributed by atoms with Crippen LogP contribution in [-0.4, -0.2) is 24.5 Å². The molecule has 0 bridgehead atoms. The molecule has 2 N–H and O–H groups in total. The monoisotopic (exact) mass is 244 g/mol. The predicted molar refractivity (Wildman–Crippen MR) is 54.4 cm³/mol. The number of hydrogen-bond acceptors (Lipinski definition) is 3. The Morgan fingerprint density at radius 2 is 2.38 bits per heavy atom. The van der Waals surface area contributed by atoms with Crippen molar-refractivity contribution >= 4 is 15.9 Å². The Labute approximate surface area is 86.0 Å². The first kappa shape index (κ1) is 9.24. The van der Waals surface area contributed by atoms with Gasteiger partial charge in [0.1, 0.15) is 5.76 Å². The summed E-state index contributed by atoms with van der Waals surface area (Å²) in [5, 5.41) is 0. The van der Waals surface area contributed by atoms with E-state index in [2.05, 4.69) is 20.8 Å². The van der Waals surface area contributed by atoms with Gasteiger partial charge in [-0.25, -0.2) is 0 Å². The number of likely N-dealkylation sites (tertiary alicyclic amines) is 1. The second kappa shape index (κ2) is 3.82. The topological polar surface area (TPSA) is 42.4 Å². The summed E-state index contributed by atoms with van der Waals surface area (Å²) >= 11 is 3.45. The van der Waals surface area contributed by atoms with Gasteiger partial charge < -0.3 is 10.2 Å². The summed E-state index contributed by atoms with van der Waals surface area (Å²) in [7, 11) is 0. The van der Waals surface area contributed by atoms with Crippen molar-refractivity contribution in [1.29, 1.82) is 0 Å². The fraction of sp³-hybridized carbons (Fsp3) is 0.556. The van der Waals surface area contributed by atoms with E-state index >= 15 is 0 Å². The van der Waals surface area contributed by atoms with Gasteiger partial charge in [-0.2, -0.15) is 0 Å². The van der Waals surface area contributed by atoms with Gasteiger partial charge in [-0.05, 0) is 28.4 Å². The summed E-state index contributed by atoms with van der Waals surface area (Å²) in [5.41, 5.74) is 5.72. The van der Waals surface area contributed by atoms with Crippen LogP contribution in [0.4, 0.5) is 0 Å². The highest BCUT2D eigenvalue weighted by molar-refractivity contribution is 9.10. The van der Waals surface area contributed by atoms with Gasteiger partial charge in [0.2, 0.25) is 0 Å². The number of rotatable bonds is 3. The number of nitrogens with zero attached hydrogens (tertiary/aromatic N) is 1. The van der Waals surface area contributed by atoms with Crippen molar-refractivity contribution in [2.24, 2.45) is 5.73 Å². The Morgan fingerprint density at radius 1 is 1.62 bits per heavy atom. The molecule has 0 spiro atoms. The van der Waals surface area contributed by atoms with Crippen LogP contribution < -0.4 is 5.73 Å². The van der Waals surface area contributed by atoms with Crippen LogP contribution in [0, 0.1) is 0 Å². The van der Waals surface area contributed by atoms with Crippen LogP contribution in [0.3, 0.4) is 0 Å². The van der Waals surface area contributed by atoms with Crippen LogP contribution in [0.2, 0.25) is 0 Å². The number of halogens is 1. The third kappa shape index (κ3) is 1.66. The van der Waals surface area contributed by atoms with Gasteiger partial charge in [-0.15, -0.1) is 0 Å². The van der Waals surface area contributed by atoms with Gasteiger partial charge in [0.25, 0.3) is 0 Å². The van der Waals surface area contributed by atoms with Crippen molar-refractivity contribution in [3.05, 3.63) is 22.6 Å². The van der Waals surface area contributed by atoms with Gasteiger partial charge in [0.15, 0.2) is 0 Å². The fourth-order valence-electron chi connectivity index (χ4n) is 1.62. The lowest BCUT2D eigenvalue weighted by molar-refractivity contribution is 0.107. The minimum absolute atomic E-state index is 0.248. The molecule has 3 nitrogen and oxygen atoms in total.